The Morgan fingerprint density at radius 1 is 1.18 bits per heavy atom. The fraction of sp³-hybridized carbons (Fsp3) is 0.440. The lowest BCUT2D eigenvalue weighted by Crippen LogP contribution is -2.40. The zero-order valence-electron chi connectivity index (χ0n) is 19.6. The molecule has 1 amide bonds. The summed E-state index contributed by atoms with van der Waals surface area (Å²) in [4.78, 5) is 27.3. The van der Waals surface area contributed by atoms with Gasteiger partial charge in [-0.25, -0.2) is 8.78 Å². The molecular weight excluding hydrogens is 462 g/mol. The number of anilines is 2. The molecule has 34 heavy (non-hydrogen) atoms. The number of nitrogens with one attached hydrogen (secondary N) is 1. The zero-order valence-corrected chi connectivity index (χ0v) is 20.4. The van der Waals surface area contributed by atoms with Crippen molar-refractivity contribution in [1.82, 2.24) is 0 Å². The van der Waals surface area contributed by atoms with Gasteiger partial charge in [-0.2, -0.15) is 0 Å². The number of nitrogens with zero attached hydrogens (tertiary/aromatic N) is 1. The van der Waals surface area contributed by atoms with E-state index in [1.54, 1.807) is 19.9 Å². The first-order chi connectivity index (χ1) is 16.1. The summed E-state index contributed by atoms with van der Waals surface area (Å²) in [5.41, 5.74) is 1.42. The highest BCUT2D eigenvalue weighted by Crippen LogP contribution is 2.38. The Balaban J connectivity index is 1.91. The number of hydrogen-bond donors (Lipinski definition) is 2. The fourth-order valence-electron chi connectivity index (χ4n) is 3.92. The Bertz CT molecular complexity index is 1040. The van der Waals surface area contributed by atoms with Crippen molar-refractivity contribution in [1.29, 1.82) is 0 Å². The summed E-state index contributed by atoms with van der Waals surface area (Å²) in [6.45, 7) is 7.28. The molecule has 9 heteroatoms. The molecule has 0 bridgehead atoms. The second kappa shape index (κ2) is 11.2. The van der Waals surface area contributed by atoms with Crippen LogP contribution in [0.15, 0.2) is 41.3 Å². The van der Waals surface area contributed by atoms with Gasteiger partial charge in [0.1, 0.15) is 16.4 Å². The van der Waals surface area contributed by atoms with E-state index in [1.807, 2.05) is 19.1 Å². The van der Waals surface area contributed by atoms with E-state index in [1.165, 1.54) is 17.8 Å². The second-order valence-corrected chi connectivity index (χ2v) is 10.4. The highest BCUT2D eigenvalue weighted by molar-refractivity contribution is 8.01. The van der Waals surface area contributed by atoms with Gasteiger partial charge in [-0.1, -0.05) is 6.07 Å². The molecule has 1 fully saturated rings. The molecule has 0 atom stereocenters. The number of amides is 1. The third-order valence-electron chi connectivity index (χ3n) is 5.78. The molecule has 3 rings (SSSR count). The first-order valence-corrected chi connectivity index (χ1v) is 12.1. The average molecular weight is 493 g/mol. The van der Waals surface area contributed by atoms with Crippen LogP contribution in [0.5, 0.6) is 0 Å². The van der Waals surface area contributed by atoms with Crippen LogP contribution in [0.4, 0.5) is 20.2 Å². The third-order valence-corrected chi connectivity index (χ3v) is 6.95. The van der Waals surface area contributed by atoms with Crippen molar-refractivity contribution in [3.8, 4) is 0 Å². The number of aliphatic carboxylic acids is 1. The first kappa shape index (κ1) is 26.0. The standard InChI is InChI=1S/C25H30F2N2O4S/c1-4-29(18-9-11-33-12-10-18)22-8-7-19(34-25(2,3)24(31)32)15-21(22)28-23(30)13-16-5-6-17(26)14-20(16)27/h5-8,14-15,18H,4,9-13H2,1-3H3,(H,28,30)(H,31,32). The number of carboxylic acids is 1. The number of carbonyl (C=O) groups excluding carboxylic acids is 1. The highest BCUT2D eigenvalue weighted by atomic mass is 32.2. The first-order valence-electron chi connectivity index (χ1n) is 11.3. The van der Waals surface area contributed by atoms with Crippen LogP contribution in [0.1, 0.15) is 39.2 Å². The van der Waals surface area contributed by atoms with E-state index in [9.17, 15) is 23.5 Å². The number of benzene rings is 2. The van der Waals surface area contributed by atoms with Gasteiger partial charge in [0.05, 0.1) is 17.8 Å². The van der Waals surface area contributed by atoms with Crippen molar-refractivity contribution in [3.05, 3.63) is 53.6 Å². The van der Waals surface area contributed by atoms with Crippen LogP contribution in [-0.4, -0.2) is 47.5 Å². The molecule has 184 valence electrons. The maximum Gasteiger partial charge on any atom is 0.319 e. The molecule has 1 aliphatic rings. The second-order valence-electron chi connectivity index (χ2n) is 8.69. The van der Waals surface area contributed by atoms with Crippen molar-refractivity contribution in [2.24, 2.45) is 0 Å². The van der Waals surface area contributed by atoms with E-state index in [4.69, 9.17) is 4.74 Å². The molecule has 0 unspecified atom stereocenters. The monoisotopic (exact) mass is 492 g/mol. The number of rotatable bonds is 9. The minimum Gasteiger partial charge on any atom is -0.480 e. The predicted molar refractivity (Wildman–Crippen MR) is 130 cm³/mol. The van der Waals surface area contributed by atoms with E-state index in [0.29, 0.717) is 30.3 Å². The molecule has 2 aromatic rings. The lowest BCUT2D eigenvalue weighted by Gasteiger charge is -2.36. The molecule has 0 aromatic heterocycles. The van der Waals surface area contributed by atoms with Crippen LogP contribution in [0.2, 0.25) is 0 Å². The van der Waals surface area contributed by atoms with Gasteiger partial charge in [-0.05, 0) is 63.4 Å². The summed E-state index contributed by atoms with van der Waals surface area (Å²) in [7, 11) is 0. The predicted octanol–water partition coefficient (Wildman–Crippen LogP) is 5.11. The summed E-state index contributed by atoms with van der Waals surface area (Å²) in [6.07, 6.45) is 1.45. The number of carbonyl (C=O) groups is 2. The van der Waals surface area contributed by atoms with Crippen LogP contribution in [0.25, 0.3) is 0 Å². The molecule has 0 saturated carbocycles. The van der Waals surface area contributed by atoms with E-state index >= 15 is 0 Å². The van der Waals surface area contributed by atoms with Crippen LogP contribution in [0.3, 0.4) is 0 Å². The average Bonchev–Trinajstić information content (AvgIpc) is 2.78. The summed E-state index contributed by atoms with van der Waals surface area (Å²) >= 11 is 1.18. The molecule has 0 radical (unpaired) electrons. The van der Waals surface area contributed by atoms with Gasteiger partial charge in [-0.3, -0.25) is 9.59 Å². The minimum atomic E-state index is -1.06. The van der Waals surface area contributed by atoms with Gasteiger partial charge >= 0.3 is 5.97 Å². The molecule has 6 nitrogen and oxygen atoms in total. The van der Waals surface area contributed by atoms with Crippen molar-refractivity contribution in [2.45, 2.75) is 55.7 Å². The molecule has 0 spiro atoms. The van der Waals surface area contributed by atoms with Crippen LogP contribution < -0.4 is 10.2 Å². The van der Waals surface area contributed by atoms with Gasteiger partial charge in [-0.15, -0.1) is 11.8 Å². The Morgan fingerprint density at radius 3 is 2.50 bits per heavy atom. The number of halogens is 2. The number of ether oxygens (including phenoxy) is 1. The molecule has 0 aliphatic carbocycles. The lowest BCUT2D eigenvalue weighted by molar-refractivity contribution is -0.138. The molecule has 2 aromatic carbocycles. The van der Waals surface area contributed by atoms with Crippen LogP contribution in [-0.2, 0) is 20.7 Å². The summed E-state index contributed by atoms with van der Waals surface area (Å²) in [5, 5.41) is 12.4. The largest absolute Gasteiger partial charge is 0.480 e. The van der Waals surface area contributed by atoms with Crippen molar-refractivity contribution in [2.75, 3.05) is 30.0 Å². The van der Waals surface area contributed by atoms with E-state index in [2.05, 4.69) is 10.2 Å². The summed E-state index contributed by atoms with van der Waals surface area (Å²) in [6, 6.07) is 8.85. The van der Waals surface area contributed by atoms with Gasteiger partial charge in [0.2, 0.25) is 5.91 Å². The maximum atomic E-state index is 14.1. The Labute approximate surface area is 202 Å². The van der Waals surface area contributed by atoms with Gasteiger partial charge in [0.15, 0.2) is 0 Å². The molecular formula is C25H30F2N2O4S. The summed E-state index contributed by atoms with van der Waals surface area (Å²) < 4.78 is 31.7. The van der Waals surface area contributed by atoms with Gasteiger partial charge in [0.25, 0.3) is 0 Å². The van der Waals surface area contributed by atoms with Crippen molar-refractivity contribution in [3.63, 3.8) is 0 Å². The quantitative estimate of drug-likeness (QED) is 0.474. The number of hydrogen-bond acceptors (Lipinski definition) is 5. The van der Waals surface area contributed by atoms with Gasteiger partial charge < -0.3 is 20.1 Å². The normalized spacial score (nSPS) is 14.6. The maximum absolute atomic E-state index is 14.1. The number of carboxylic acid groups (broad SMARTS) is 1. The SMILES string of the molecule is CCN(c1ccc(SC(C)(C)C(=O)O)cc1NC(=O)Cc1ccc(F)cc1F)C1CCOCC1. The Hall–Kier alpha value is -2.65. The molecule has 2 N–H and O–H groups in total. The summed E-state index contributed by atoms with van der Waals surface area (Å²) in [5.74, 6) is -2.88. The van der Waals surface area contributed by atoms with Crippen LogP contribution >= 0.6 is 11.8 Å². The Kier molecular flexibility index (Phi) is 8.54. The number of thioether (sulfide) groups is 1. The molecule has 1 saturated heterocycles. The smallest absolute Gasteiger partial charge is 0.319 e. The van der Waals surface area contributed by atoms with Crippen molar-refractivity contribution < 1.29 is 28.2 Å². The zero-order chi connectivity index (χ0) is 24.9. The van der Waals surface area contributed by atoms with E-state index < -0.39 is 28.3 Å². The van der Waals surface area contributed by atoms with Gasteiger partial charge in [0, 0.05) is 36.8 Å². The Morgan fingerprint density at radius 2 is 1.88 bits per heavy atom. The molecule has 1 heterocycles. The molecule has 1 aliphatic heterocycles. The lowest BCUT2D eigenvalue weighted by atomic mass is 10.1. The van der Waals surface area contributed by atoms with E-state index in [0.717, 1.165) is 30.7 Å². The topological polar surface area (TPSA) is 78.9 Å². The van der Waals surface area contributed by atoms with E-state index in [-0.39, 0.29) is 18.0 Å². The fourth-order valence-corrected chi connectivity index (χ4v) is 4.91. The van der Waals surface area contributed by atoms with Crippen molar-refractivity contribution >= 4 is 35.0 Å². The minimum absolute atomic E-state index is 0.0924. The highest BCUT2D eigenvalue weighted by Gasteiger charge is 2.29. The van der Waals surface area contributed by atoms with Crippen LogP contribution in [0, 0.1) is 11.6 Å². The third kappa shape index (κ3) is 6.48.